The zero-order valence-electron chi connectivity index (χ0n) is 16.1. The number of carbonyl (C=O) groups is 2. The molecule has 0 aliphatic rings. The molecule has 0 aliphatic carbocycles. The van der Waals surface area contributed by atoms with Gasteiger partial charge in [0.25, 0.3) is 5.91 Å². The van der Waals surface area contributed by atoms with Crippen LogP contribution in [0, 0.1) is 19.8 Å². The SMILES string of the molecule is Cc1cn2c(CN(C)C(=O)C(NC(=O)c3cccs3)C(C)C)c(C)nc2s1. The number of carbonyl (C=O) groups excluding carboxylic acids is 2. The first-order valence-corrected chi connectivity index (χ1v) is 10.5. The number of thiazole rings is 1. The molecule has 0 aromatic carbocycles. The van der Waals surface area contributed by atoms with Crippen molar-refractivity contribution in [1.29, 1.82) is 0 Å². The molecule has 6 nitrogen and oxygen atoms in total. The van der Waals surface area contributed by atoms with E-state index in [0.29, 0.717) is 11.4 Å². The average Bonchev–Trinajstić information content (AvgIpc) is 3.30. The second kappa shape index (κ2) is 7.82. The van der Waals surface area contributed by atoms with E-state index >= 15 is 0 Å². The van der Waals surface area contributed by atoms with Gasteiger partial charge < -0.3 is 10.2 Å². The summed E-state index contributed by atoms with van der Waals surface area (Å²) in [5.41, 5.74) is 1.92. The number of amides is 2. The molecule has 0 fully saturated rings. The molecular weight excluding hydrogens is 380 g/mol. The summed E-state index contributed by atoms with van der Waals surface area (Å²) < 4.78 is 2.05. The van der Waals surface area contributed by atoms with Crippen molar-refractivity contribution >= 4 is 39.4 Å². The minimum absolute atomic E-state index is 0.0150. The number of rotatable bonds is 6. The van der Waals surface area contributed by atoms with E-state index in [1.54, 1.807) is 29.4 Å². The van der Waals surface area contributed by atoms with Crippen LogP contribution in [0.4, 0.5) is 0 Å². The van der Waals surface area contributed by atoms with Gasteiger partial charge in [-0.1, -0.05) is 19.9 Å². The second-order valence-corrected chi connectivity index (χ2v) is 9.17. The molecule has 3 aromatic heterocycles. The lowest BCUT2D eigenvalue weighted by Crippen LogP contribution is -2.50. The van der Waals surface area contributed by atoms with Crippen LogP contribution in [0.1, 0.15) is 39.8 Å². The third-order valence-electron chi connectivity index (χ3n) is 4.47. The summed E-state index contributed by atoms with van der Waals surface area (Å²) in [6.07, 6.45) is 2.05. The van der Waals surface area contributed by atoms with Gasteiger partial charge in [-0.15, -0.1) is 22.7 Å². The summed E-state index contributed by atoms with van der Waals surface area (Å²) in [5, 5.41) is 4.75. The molecule has 3 aromatic rings. The van der Waals surface area contributed by atoms with Crippen molar-refractivity contribution in [2.24, 2.45) is 5.92 Å². The van der Waals surface area contributed by atoms with Gasteiger partial charge in [0.15, 0.2) is 4.96 Å². The van der Waals surface area contributed by atoms with E-state index in [4.69, 9.17) is 0 Å². The molecule has 2 amide bonds. The molecule has 8 heteroatoms. The number of likely N-dealkylation sites (N-methyl/N-ethyl adjacent to an activating group) is 1. The number of imidazole rings is 1. The first-order chi connectivity index (χ1) is 12.8. The van der Waals surface area contributed by atoms with Gasteiger partial charge in [-0.2, -0.15) is 0 Å². The standard InChI is InChI=1S/C19H24N4O2S2/c1-11(2)16(21-17(24)15-7-6-8-26-15)18(25)22(5)10-14-13(4)20-19-23(14)9-12(3)27-19/h6-9,11,16H,10H2,1-5H3,(H,21,24). The van der Waals surface area contributed by atoms with Crippen LogP contribution in [0.15, 0.2) is 23.7 Å². The van der Waals surface area contributed by atoms with E-state index in [1.807, 2.05) is 49.7 Å². The third-order valence-corrected chi connectivity index (χ3v) is 6.24. The van der Waals surface area contributed by atoms with Crippen LogP contribution >= 0.6 is 22.7 Å². The van der Waals surface area contributed by atoms with Crippen molar-refractivity contribution < 1.29 is 9.59 Å². The molecular formula is C19H24N4O2S2. The van der Waals surface area contributed by atoms with Crippen molar-refractivity contribution in [3.63, 3.8) is 0 Å². The Morgan fingerprint density at radius 3 is 2.70 bits per heavy atom. The van der Waals surface area contributed by atoms with Crippen LogP contribution in [0.2, 0.25) is 0 Å². The van der Waals surface area contributed by atoms with E-state index in [0.717, 1.165) is 16.3 Å². The molecule has 0 bridgehead atoms. The van der Waals surface area contributed by atoms with Gasteiger partial charge in [0.05, 0.1) is 22.8 Å². The van der Waals surface area contributed by atoms with Crippen molar-refractivity contribution in [3.8, 4) is 0 Å². The van der Waals surface area contributed by atoms with Crippen LogP contribution in [-0.2, 0) is 11.3 Å². The lowest BCUT2D eigenvalue weighted by atomic mass is 10.0. The van der Waals surface area contributed by atoms with E-state index in [9.17, 15) is 9.59 Å². The van der Waals surface area contributed by atoms with Crippen molar-refractivity contribution in [2.45, 2.75) is 40.3 Å². The molecule has 3 heterocycles. The van der Waals surface area contributed by atoms with Crippen LogP contribution in [0.3, 0.4) is 0 Å². The number of nitrogens with one attached hydrogen (secondary N) is 1. The quantitative estimate of drug-likeness (QED) is 0.684. The van der Waals surface area contributed by atoms with Gasteiger partial charge in [-0.05, 0) is 31.2 Å². The number of aromatic nitrogens is 2. The fraction of sp³-hybridized carbons (Fsp3) is 0.421. The summed E-state index contributed by atoms with van der Waals surface area (Å²) in [4.78, 5) is 34.4. The van der Waals surface area contributed by atoms with Crippen LogP contribution in [0.5, 0.6) is 0 Å². The van der Waals surface area contributed by atoms with Gasteiger partial charge in [0, 0.05) is 18.1 Å². The monoisotopic (exact) mass is 404 g/mol. The molecule has 0 spiro atoms. The zero-order valence-corrected chi connectivity index (χ0v) is 17.8. The van der Waals surface area contributed by atoms with Gasteiger partial charge in [0.1, 0.15) is 6.04 Å². The van der Waals surface area contributed by atoms with Crippen LogP contribution < -0.4 is 5.32 Å². The Kier molecular flexibility index (Phi) is 5.67. The molecule has 27 heavy (non-hydrogen) atoms. The van der Waals surface area contributed by atoms with E-state index in [1.165, 1.54) is 16.2 Å². The van der Waals surface area contributed by atoms with E-state index in [2.05, 4.69) is 10.3 Å². The average molecular weight is 405 g/mol. The topological polar surface area (TPSA) is 66.7 Å². The third kappa shape index (κ3) is 4.06. The number of fused-ring (bicyclic) bond motifs is 1. The molecule has 0 saturated carbocycles. The van der Waals surface area contributed by atoms with Crippen LogP contribution in [-0.4, -0.2) is 39.2 Å². The molecule has 1 unspecified atom stereocenters. The summed E-state index contributed by atoms with van der Waals surface area (Å²) >= 11 is 3.00. The molecule has 1 atom stereocenters. The number of hydrogen-bond acceptors (Lipinski definition) is 5. The predicted octanol–water partition coefficient (Wildman–Crippen LogP) is 3.49. The fourth-order valence-electron chi connectivity index (χ4n) is 2.97. The summed E-state index contributed by atoms with van der Waals surface area (Å²) in [5.74, 6) is -0.322. The first-order valence-electron chi connectivity index (χ1n) is 8.81. The summed E-state index contributed by atoms with van der Waals surface area (Å²) in [7, 11) is 1.77. The number of aryl methyl sites for hydroxylation is 2. The van der Waals surface area contributed by atoms with Crippen molar-refractivity contribution in [2.75, 3.05) is 7.05 Å². The van der Waals surface area contributed by atoms with Gasteiger partial charge >= 0.3 is 0 Å². The molecule has 0 aliphatic heterocycles. The largest absolute Gasteiger partial charge is 0.339 e. The fourth-order valence-corrected chi connectivity index (χ4v) is 4.49. The van der Waals surface area contributed by atoms with Gasteiger partial charge in [0.2, 0.25) is 5.91 Å². The smallest absolute Gasteiger partial charge is 0.262 e. The lowest BCUT2D eigenvalue weighted by molar-refractivity contribution is -0.133. The summed E-state index contributed by atoms with van der Waals surface area (Å²) in [6.45, 7) is 8.33. The highest BCUT2D eigenvalue weighted by Crippen LogP contribution is 2.22. The molecule has 144 valence electrons. The Balaban J connectivity index is 1.77. The lowest BCUT2D eigenvalue weighted by Gasteiger charge is -2.27. The van der Waals surface area contributed by atoms with Crippen molar-refractivity contribution in [1.82, 2.24) is 19.6 Å². The maximum Gasteiger partial charge on any atom is 0.262 e. The Morgan fingerprint density at radius 1 is 1.33 bits per heavy atom. The highest BCUT2D eigenvalue weighted by atomic mass is 32.1. The first kappa shape index (κ1) is 19.6. The predicted molar refractivity (Wildman–Crippen MR) is 109 cm³/mol. The molecule has 0 saturated heterocycles. The van der Waals surface area contributed by atoms with Crippen LogP contribution in [0.25, 0.3) is 4.96 Å². The Labute approximate surface area is 166 Å². The minimum atomic E-state index is -0.572. The summed E-state index contributed by atoms with van der Waals surface area (Å²) in [6, 6.07) is 3.02. The highest BCUT2D eigenvalue weighted by Gasteiger charge is 2.28. The maximum atomic E-state index is 13.1. The minimum Gasteiger partial charge on any atom is -0.339 e. The van der Waals surface area contributed by atoms with E-state index in [-0.39, 0.29) is 17.7 Å². The van der Waals surface area contributed by atoms with Gasteiger partial charge in [-0.25, -0.2) is 4.98 Å². The number of hydrogen-bond donors (Lipinski definition) is 1. The number of thiophene rings is 1. The Bertz CT molecular complexity index is 956. The van der Waals surface area contributed by atoms with E-state index < -0.39 is 6.04 Å². The normalized spacial score (nSPS) is 12.5. The number of nitrogens with zero attached hydrogens (tertiary/aromatic N) is 3. The zero-order chi connectivity index (χ0) is 19.7. The Hall–Kier alpha value is -2.19. The molecule has 3 rings (SSSR count). The highest BCUT2D eigenvalue weighted by molar-refractivity contribution is 7.17. The molecule has 1 N–H and O–H groups in total. The second-order valence-electron chi connectivity index (χ2n) is 7.01. The molecule has 0 radical (unpaired) electrons. The Morgan fingerprint density at radius 2 is 2.07 bits per heavy atom. The van der Waals surface area contributed by atoms with Crippen molar-refractivity contribution in [3.05, 3.63) is 44.9 Å². The maximum absolute atomic E-state index is 13.1. The van der Waals surface area contributed by atoms with Gasteiger partial charge in [-0.3, -0.25) is 14.0 Å².